The number of anilines is 2. The van der Waals surface area contributed by atoms with Gasteiger partial charge in [0.2, 0.25) is 0 Å². The molecule has 0 radical (unpaired) electrons. The molecule has 2 atom stereocenters. The predicted molar refractivity (Wildman–Crippen MR) is 238 cm³/mol. The van der Waals surface area contributed by atoms with Crippen LogP contribution in [0.3, 0.4) is 0 Å². The summed E-state index contributed by atoms with van der Waals surface area (Å²) in [7, 11) is 0. The van der Waals surface area contributed by atoms with Crippen LogP contribution in [-0.2, 0) is 13.0 Å². The van der Waals surface area contributed by atoms with Crippen molar-refractivity contribution in [1.82, 2.24) is 10.6 Å². The van der Waals surface area contributed by atoms with Crippen LogP contribution in [0.25, 0.3) is 49.5 Å². The molecular weight excluding hydrogens is 679 g/mol. The molecule has 0 heterocycles. The minimum atomic E-state index is -0.00489. The summed E-state index contributed by atoms with van der Waals surface area (Å²) in [5, 5.41) is 19.3. The summed E-state index contributed by atoms with van der Waals surface area (Å²) in [5.41, 5.74) is 12.7. The molecule has 3 heteroatoms. The Morgan fingerprint density at radius 2 is 1.43 bits per heavy atom. The number of nitrogens with one attached hydrogen (secondary N) is 3. The van der Waals surface area contributed by atoms with E-state index in [1.165, 1.54) is 76.8 Å². The maximum atomic E-state index is 3.88. The molecule has 0 amide bonds. The van der Waals surface area contributed by atoms with E-state index in [1.54, 1.807) is 0 Å². The van der Waals surface area contributed by atoms with Gasteiger partial charge in [-0.1, -0.05) is 157 Å². The van der Waals surface area contributed by atoms with E-state index in [2.05, 4.69) is 198 Å². The van der Waals surface area contributed by atoms with E-state index in [-0.39, 0.29) is 6.17 Å². The maximum absolute atomic E-state index is 3.88. The van der Waals surface area contributed by atoms with Gasteiger partial charge in [-0.15, -0.1) is 0 Å². The van der Waals surface area contributed by atoms with Crippen LogP contribution in [0.1, 0.15) is 41.3 Å². The van der Waals surface area contributed by atoms with Crippen LogP contribution >= 0.6 is 0 Å². The first-order valence-electron chi connectivity index (χ1n) is 20.0. The van der Waals surface area contributed by atoms with Crippen molar-refractivity contribution >= 4 is 49.8 Å². The molecule has 272 valence electrons. The Balaban J connectivity index is 0.904. The molecule has 3 aliphatic rings. The van der Waals surface area contributed by atoms with Gasteiger partial charge in [-0.05, 0) is 115 Å². The zero-order valence-electron chi connectivity index (χ0n) is 31.5. The minimum absolute atomic E-state index is 0.00489. The summed E-state index contributed by atoms with van der Waals surface area (Å²) >= 11 is 0. The van der Waals surface area contributed by atoms with Gasteiger partial charge < -0.3 is 5.32 Å². The molecule has 10 rings (SSSR count). The molecule has 0 spiro atoms. The molecular formula is C53H45N3. The van der Waals surface area contributed by atoms with Crippen molar-refractivity contribution < 1.29 is 0 Å². The Kier molecular flexibility index (Phi) is 9.24. The van der Waals surface area contributed by atoms with Crippen LogP contribution in [0.5, 0.6) is 0 Å². The molecule has 3 aliphatic carbocycles. The molecule has 7 aromatic rings. The third-order valence-corrected chi connectivity index (χ3v) is 11.8. The first-order chi connectivity index (χ1) is 27.7. The first kappa shape index (κ1) is 34.2. The van der Waals surface area contributed by atoms with Crippen molar-refractivity contribution in [3.8, 4) is 11.1 Å². The van der Waals surface area contributed by atoms with Gasteiger partial charge in [-0.25, -0.2) is 0 Å². The van der Waals surface area contributed by atoms with Crippen LogP contribution < -0.4 is 16.0 Å². The molecule has 56 heavy (non-hydrogen) atoms. The number of fused-ring (bicyclic) bond motifs is 7. The molecule has 0 saturated carbocycles. The highest BCUT2D eigenvalue weighted by atomic mass is 15.1. The second-order valence-electron chi connectivity index (χ2n) is 15.4. The Labute approximate surface area is 329 Å². The van der Waals surface area contributed by atoms with Gasteiger partial charge in [0, 0.05) is 35.9 Å². The molecule has 7 aromatic carbocycles. The van der Waals surface area contributed by atoms with Crippen molar-refractivity contribution in [3.05, 3.63) is 209 Å². The Morgan fingerprint density at radius 3 is 2.36 bits per heavy atom. The van der Waals surface area contributed by atoms with Crippen LogP contribution in [0.4, 0.5) is 11.4 Å². The van der Waals surface area contributed by atoms with Gasteiger partial charge in [0.15, 0.2) is 0 Å². The number of allylic oxidation sites excluding steroid dienone is 8. The lowest BCUT2D eigenvalue weighted by atomic mass is 9.84. The number of hydrogen-bond donors (Lipinski definition) is 3. The fourth-order valence-electron chi connectivity index (χ4n) is 8.86. The van der Waals surface area contributed by atoms with E-state index in [9.17, 15) is 0 Å². The summed E-state index contributed by atoms with van der Waals surface area (Å²) in [6.07, 6.45) is 21.3. The lowest BCUT2D eigenvalue weighted by Crippen LogP contribution is -2.35. The average molecular weight is 724 g/mol. The average Bonchev–Trinajstić information content (AvgIpc) is 3.26. The first-order valence-corrected chi connectivity index (χ1v) is 20.0. The highest BCUT2D eigenvalue weighted by molar-refractivity contribution is 6.17. The Morgan fingerprint density at radius 1 is 0.625 bits per heavy atom. The van der Waals surface area contributed by atoms with E-state index in [4.69, 9.17) is 0 Å². The molecule has 0 bridgehead atoms. The molecule has 3 N–H and O–H groups in total. The Bertz CT molecular complexity index is 2760. The molecule has 0 aromatic heterocycles. The summed E-state index contributed by atoms with van der Waals surface area (Å²) < 4.78 is 0. The van der Waals surface area contributed by atoms with Crippen molar-refractivity contribution in [2.45, 2.75) is 32.0 Å². The molecule has 0 fully saturated rings. The lowest BCUT2D eigenvalue weighted by molar-refractivity contribution is 0.448. The zero-order valence-corrected chi connectivity index (χ0v) is 31.5. The van der Waals surface area contributed by atoms with Crippen molar-refractivity contribution in [2.24, 2.45) is 5.92 Å². The zero-order chi connectivity index (χ0) is 37.3. The number of hydrogen-bond acceptors (Lipinski definition) is 3. The SMILES string of the molecule is C1=CC2=CC=C(CNC(NCc3ccc(Nc4ccccc4-c4cc5c(c6ccc7ccccc7c46)CCC=C5)cc3)c3ccc4ccccc4c3)CC2C=C1. The topological polar surface area (TPSA) is 36.1 Å². The molecule has 2 unspecified atom stereocenters. The monoisotopic (exact) mass is 723 g/mol. The maximum Gasteiger partial charge on any atom is 0.0840 e. The quantitative estimate of drug-likeness (QED) is 0.0971. The fourth-order valence-corrected chi connectivity index (χ4v) is 8.86. The standard InChI is InChI=1S/C53H45N3/c1-3-14-41-31-37(21-24-38(41)11-1)35-55-53(44-26-25-39-12-2-4-15-42(39)32-44)54-34-36-22-28-45(29-23-36)56-51-20-10-9-19-48(51)50-33-43-16-6-7-17-46(43)49-30-27-40-13-5-8-18-47(40)52(49)50/h1-6,8-16,18-30,32-33,41,53-56H,7,17,31,34-35H2. The lowest BCUT2D eigenvalue weighted by Gasteiger charge is -2.26. The van der Waals surface area contributed by atoms with E-state index in [1.807, 2.05) is 0 Å². The third-order valence-electron chi connectivity index (χ3n) is 11.8. The summed E-state index contributed by atoms with van der Waals surface area (Å²) in [6, 6.07) is 48.9. The smallest absolute Gasteiger partial charge is 0.0840 e. The van der Waals surface area contributed by atoms with Crippen LogP contribution in [0, 0.1) is 5.92 Å². The van der Waals surface area contributed by atoms with Crippen molar-refractivity contribution in [2.75, 3.05) is 11.9 Å². The predicted octanol–water partition coefficient (Wildman–Crippen LogP) is 12.9. The Hall–Kier alpha value is -6.26. The number of aryl methyl sites for hydroxylation is 1. The van der Waals surface area contributed by atoms with Gasteiger partial charge in [0.1, 0.15) is 0 Å². The number of benzene rings is 7. The second-order valence-corrected chi connectivity index (χ2v) is 15.4. The summed E-state index contributed by atoms with van der Waals surface area (Å²) in [6.45, 7) is 1.57. The van der Waals surface area contributed by atoms with E-state index in [0.29, 0.717) is 5.92 Å². The van der Waals surface area contributed by atoms with Crippen LogP contribution in [0.15, 0.2) is 187 Å². The second kappa shape index (κ2) is 15.1. The number of para-hydroxylation sites is 1. The van der Waals surface area contributed by atoms with E-state index >= 15 is 0 Å². The summed E-state index contributed by atoms with van der Waals surface area (Å²) in [5.74, 6) is 0.474. The molecule has 3 nitrogen and oxygen atoms in total. The van der Waals surface area contributed by atoms with Crippen molar-refractivity contribution in [3.63, 3.8) is 0 Å². The van der Waals surface area contributed by atoms with Gasteiger partial charge in [-0.2, -0.15) is 0 Å². The molecule has 0 saturated heterocycles. The normalized spacial score (nSPS) is 16.4. The molecule has 0 aliphatic heterocycles. The third kappa shape index (κ3) is 6.81. The van der Waals surface area contributed by atoms with Gasteiger partial charge in [0.25, 0.3) is 0 Å². The van der Waals surface area contributed by atoms with Crippen LogP contribution in [0.2, 0.25) is 0 Å². The van der Waals surface area contributed by atoms with Gasteiger partial charge >= 0.3 is 0 Å². The summed E-state index contributed by atoms with van der Waals surface area (Å²) in [4.78, 5) is 0. The van der Waals surface area contributed by atoms with Crippen LogP contribution in [-0.4, -0.2) is 6.54 Å². The van der Waals surface area contributed by atoms with E-state index < -0.39 is 0 Å². The minimum Gasteiger partial charge on any atom is -0.355 e. The van der Waals surface area contributed by atoms with Gasteiger partial charge in [0.05, 0.1) is 6.17 Å². The highest BCUT2D eigenvalue weighted by Crippen LogP contribution is 2.42. The van der Waals surface area contributed by atoms with Gasteiger partial charge in [-0.3, -0.25) is 10.6 Å². The number of rotatable bonds is 10. The largest absolute Gasteiger partial charge is 0.355 e. The highest BCUT2D eigenvalue weighted by Gasteiger charge is 2.20. The fraction of sp³-hybridized carbons (Fsp3) is 0.132. The van der Waals surface area contributed by atoms with E-state index in [0.717, 1.165) is 43.7 Å². The van der Waals surface area contributed by atoms with Crippen molar-refractivity contribution in [1.29, 1.82) is 0 Å².